The van der Waals surface area contributed by atoms with Gasteiger partial charge >= 0.3 is 0 Å². The maximum atomic E-state index is 5.56. The molecule has 1 unspecified atom stereocenters. The molecule has 3 nitrogen and oxygen atoms in total. The van der Waals surface area contributed by atoms with Crippen molar-refractivity contribution in [3.05, 3.63) is 23.9 Å². The topological polar surface area (TPSA) is 42.1 Å². The molecule has 76 valence electrons. The SMILES string of the molecule is CC1CCN(c2cccc(CN)n2)C1. The maximum absolute atomic E-state index is 5.56. The van der Waals surface area contributed by atoms with Crippen LogP contribution in [0.1, 0.15) is 19.0 Å². The average Bonchev–Trinajstić information content (AvgIpc) is 2.65. The minimum Gasteiger partial charge on any atom is -0.356 e. The van der Waals surface area contributed by atoms with Crippen molar-refractivity contribution < 1.29 is 0 Å². The number of anilines is 1. The van der Waals surface area contributed by atoms with Crippen LogP contribution < -0.4 is 10.6 Å². The molecular weight excluding hydrogens is 174 g/mol. The fourth-order valence-electron chi connectivity index (χ4n) is 1.90. The molecule has 2 rings (SSSR count). The zero-order valence-corrected chi connectivity index (χ0v) is 8.61. The van der Waals surface area contributed by atoms with Crippen molar-refractivity contribution in [2.45, 2.75) is 19.9 Å². The van der Waals surface area contributed by atoms with Crippen molar-refractivity contribution in [1.29, 1.82) is 0 Å². The zero-order valence-electron chi connectivity index (χ0n) is 8.61. The molecule has 1 saturated heterocycles. The summed E-state index contributed by atoms with van der Waals surface area (Å²) in [6.07, 6.45) is 1.27. The molecule has 0 radical (unpaired) electrons. The monoisotopic (exact) mass is 191 g/mol. The molecule has 1 aromatic heterocycles. The molecule has 1 aliphatic heterocycles. The molecule has 0 aliphatic carbocycles. The highest BCUT2D eigenvalue weighted by Crippen LogP contribution is 2.21. The van der Waals surface area contributed by atoms with E-state index in [4.69, 9.17) is 5.73 Å². The van der Waals surface area contributed by atoms with E-state index in [0.29, 0.717) is 6.54 Å². The molecule has 1 aromatic rings. The van der Waals surface area contributed by atoms with Crippen molar-refractivity contribution in [1.82, 2.24) is 4.98 Å². The lowest BCUT2D eigenvalue weighted by Crippen LogP contribution is -2.20. The van der Waals surface area contributed by atoms with Crippen LogP contribution in [0.2, 0.25) is 0 Å². The Balaban J connectivity index is 2.15. The van der Waals surface area contributed by atoms with Gasteiger partial charge in [0.2, 0.25) is 0 Å². The van der Waals surface area contributed by atoms with Crippen LogP contribution >= 0.6 is 0 Å². The molecule has 3 heteroatoms. The van der Waals surface area contributed by atoms with Crippen LogP contribution in [0.4, 0.5) is 5.82 Å². The second-order valence-corrected chi connectivity index (χ2v) is 4.03. The van der Waals surface area contributed by atoms with Crippen molar-refractivity contribution in [2.24, 2.45) is 11.7 Å². The lowest BCUT2D eigenvalue weighted by molar-refractivity contribution is 0.658. The van der Waals surface area contributed by atoms with E-state index in [1.807, 2.05) is 12.1 Å². The molecule has 0 bridgehead atoms. The van der Waals surface area contributed by atoms with Crippen LogP contribution in [0.15, 0.2) is 18.2 Å². The van der Waals surface area contributed by atoms with Crippen molar-refractivity contribution in [3.63, 3.8) is 0 Å². The molecule has 1 aliphatic rings. The number of hydrogen-bond acceptors (Lipinski definition) is 3. The van der Waals surface area contributed by atoms with E-state index in [1.54, 1.807) is 0 Å². The summed E-state index contributed by atoms with van der Waals surface area (Å²) in [5.74, 6) is 1.87. The Hall–Kier alpha value is -1.09. The highest BCUT2D eigenvalue weighted by molar-refractivity contribution is 5.40. The predicted octanol–water partition coefficient (Wildman–Crippen LogP) is 1.39. The van der Waals surface area contributed by atoms with Gasteiger partial charge in [0, 0.05) is 19.6 Å². The summed E-state index contributed by atoms with van der Waals surface area (Å²) in [5.41, 5.74) is 6.54. The normalized spacial score (nSPS) is 21.6. The molecular formula is C11H17N3. The highest BCUT2D eigenvalue weighted by Gasteiger charge is 2.19. The molecule has 0 amide bonds. The van der Waals surface area contributed by atoms with Gasteiger partial charge in [0.15, 0.2) is 0 Å². The van der Waals surface area contributed by atoms with Crippen molar-refractivity contribution >= 4 is 5.82 Å². The van der Waals surface area contributed by atoms with Gasteiger partial charge in [0.1, 0.15) is 5.82 Å². The van der Waals surface area contributed by atoms with Crippen LogP contribution in [0.5, 0.6) is 0 Å². The molecule has 14 heavy (non-hydrogen) atoms. The van der Waals surface area contributed by atoms with Crippen LogP contribution in [-0.2, 0) is 6.54 Å². The number of pyridine rings is 1. The first kappa shape index (κ1) is 9.46. The fraction of sp³-hybridized carbons (Fsp3) is 0.545. The Morgan fingerprint density at radius 3 is 3.07 bits per heavy atom. The minimum absolute atomic E-state index is 0.525. The van der Waals surface area contributed by atoms with Gasteiger partial charge in [-0.2, -0.15) is 0 Å². The summed E-state index contributed by atoms with van der Waals surface area (Å²) < 4.78 is 0. The number of aromatic nitrogens is 1. The van der Waals surface area contributed by atoms with E-state index in [0.717, 1.165) is 30.5 Å². The lowest BCUT2D eigenvalue weighted by Gasteiger charge is -2.17. The van der Waals surface area contributed by atoms with E-state index in [9.17, 15) is 0 Å². The molecule has 0 aromatic carbocycles. The highest BCUT2D eigenvalue weighted by atomic mass is 15.2. The van der Waals surface area contributed by atoms with Gasteiger partial charge in [-0.15, -0.1) is 0 Å². The van der Waals surface area contributed by atoms with Crippen LogP contribution in [0.3, 0.4) is 0 Å². The smallest absolute Gasteiger partial charge is 0.128 e. The molecule has 1 fully saturated rings. The molecule has 0 spiro atoms. The summed E-state index contributed by atoms with van der Waals surface area (Å²) in [6, 6.07) is 6.08. The number of nitrogens with zero attached hydrogens (tertiary/aromatic N) is 2. The Morgan fingerprint density at radius 1 is 1.57 bits per heavy atom. The molecule has 0 saturated carbocycles. The third-order valence-corrected chi connectivity index (χ3v) is 2.75. The maximum Gasteiger partial charge on any atom is 0.128 e. The van der Waals surface area contributed by atoms with E-state index in [-0.39, 0.29) is 0 Å². The first-order valence-electron chi connectivity index (χ1n) is 5.20. The number of hydrogen-bond donors (Lipinski definition) is 1. The number of rotatable bonds is 2. The van der Waals surface area contributed by atoms with E-state index < -0.39 is 0 Å². The Bertz CT molecular complexity index is 311. The van der Waals surface area contributed by atoms with Crippen LogP contribution in [-0.4, -0.2) is 18.1 Å². The third-order valence-electron chi connectivity index (χ3n) is 2.75. The predicted molar refractivity (Wildman–Crippen MR) is 58.1 cm³/mol. The van der Waals surface area contributed by atoms with Gasteiger partial charge in [-0.05, 0) is 24.5 Å². The number of nitrogens with two attached hydrogens (primary N) is 1. The lowest BCUT2D eigenvalue weighted by atomic mass is 10.2. The van der Waals surface area contributed by atoms with E-state index in [2.05, 4.69) is 22.9 Å². The standard InChI is InChI=1S/C11H17N3/c1-9-5-6-14(8-9)11-4-2-3-10(7-12)13-11/h2-4,9H,5-8,12H2,1H3. The van der Waals surface area contributed by atoms with Gasteiger partial charge < -0.3 is 10.6 Å². The summed E-state index contributed by atoms with van der Waals surface area (Å²) in [5, 5.41) is 0. The van der Waals surface area contributed by atoms with Crippen molar-refractivity contribution in [3.8, 4) is 0 Å². The van der Waals surface area contributed by atoms with Crippen molar-refractivity contribution in [2.75, 3.05) is 18.0 Å². The van der Waals surface area contributed by atoms with Gasteiger partial charge in [0.05, 0.1) is 5.69 Å². The minimum atomic E-state index is 0.525. The van der Waals surface area contributed by atoms with E-state index >= 15 is 0 Å². The Kier molecular flexibility index (Phi) is 2.68. The van der Waals surface area contributed by atoms with Gasteiger partial charge in [-0.1, -0.05) is 13.0 Å². The average molecular weight is 191 g/mol. The summed E-state index contributed by atoms with van der Waals surface area (Å²) in [7, 11) is 0. The second kappa shape index (κ2) is 3.96. The van der Waals surface area contributed by atoms with Gasteiger partial charge in [0.25, 0.3) is 0 Å². The van der Waals surface area contributed by atoms with Gasteiger partial charge in [-0.25, -0.2) is 4.98 Å². The largest absolute Gasteiger partial charge is 0.356 e. The molecule has 1 atom stereocenters. The summed E-state index contributed by atoms with van der Waals surface area (Å²) in [4.78, 5) is 6.85. The first-order chi connectivity index (χ1) is 6.79. The Morgan fingerprint density at radius 2 is 2.43 bits per heavy atom. The zero-order chi connectivity index (χ0) is 9.97. The quantitative estimate of drug-likeness (QED) is 0.768. The third kappa shape index (κ3) is 1.87. The molecule has 2 N–H and O–H groups in total. The summed E-state index contributed by atoms with van der Waals surface area (Å²) >= 11 is 0. The Labute approximate surface area is 84.9 Å². The van der Waals surface area contributed by atoms with Crippen LogP contribution in [0, 0.1) is 5.92 Å². The first-order valence-corrected chi connectivity index (χ1v) is 5.20. The van der Waals surface area contributed by atoms with Crippen LogP contribution in [0.25, 0.3) is 0 Å². The van der Waals surface area contributed by atoms with E-state index in [1.165, 1.54) is 6.42 Å². The van der Waals surface area contributed by atoms with Gasteiger partial charge in [-0.3, -0.25) is 0 Å². The molecule has 2 heterocycles. The second-order valence-electron chi connectivity index (χ2n) is 4.03. The fourth-order valence-corrected chi connectivity index (χ4v) is 1.90. The summed E-state index contributed by atoms with van der Waals surface area (Å²) in [6.45, 7) is 5.06.